The summed E-state index contributed by atoms with van der Waals surface area (Å²) in [7, 11) is 1.15. The zero-order valence-electron chi connectivity index (χ0n) is 16.0. The number of carbonyl (C=O) groups excluding carboxylic acids is 1. The molecule has 1 fully saturated rings. The van der Waals surface area contributed by atoms with Gasteiger partial charge in [0.25, 0.3) is 0 Å². The highest BCUT2D eigenvalue weighted by Gasteiger charge is 2.46. The predicted molar refractivity (Wildman–Crippen MR) is 102 cm³/mol. The molecule has 1 unspecified atom stereocenters. The average molecular weight is 408 g/mol. The fourth-order valence-electron chi connectivity index (χ4n) is 3.62. The van der Waals surface area contributed by atoms with Crippen molar-refractivity contribution in [3.8, 4) is 5.75 Å². The molecule has 0 spiro atoms. The number of ether oxygens (including phenoxy) is 1. The first-order chi connectivity index (χ1) is 13.8. The van der Waals surface area contributed by atoms with Crippen molar-refractivity contribution in [3.63, 3.8) is 0 Å². The van der Waals surface area contributed by atoms with Gasteiger partial charge in [0.1, 0.15) is 11.8 Å². The van der Waals surface area contributed by atoms with Gasteiger partial charge in [-0.3, -0.25) is 9.80 Å². The third kappa shape index (κ3) is 5.07. The van der Waals surface area contributed by atoms with E-state index < -0.39 is 23.9 Å². The molecule has 0 saturated carbocycles. The van der Waals surface area contributed by atoms with Crippen LogP contribution in [0.25, 0.3) is 0 Å². The Bertz CT molecular complexity index is 835. The van der Waals surface area contributed by atoms with E-state index in [-0.39, 0.29) is 24.2 Å². The van der Waals surface area contributed by atoms with E-state index in [4.69, 9.17) is 0 Å². The monoisotopic (exact) mass is 408 g/mol. The average Bonchev–Trinajstić information content (AvgIpc) is 2.70. The number of phenolic OH excluding ortho intramolecular Hbond substituents is 1. The van der Waals surface area contributed by atoms with Gasteiger partial charge in [-0.05, 0) is 23.8 Å². The van der Waals surface area contributed by atoms with Gasteiger partial charge in [-0.2, -0.15) is 13.2 Å². The van der Waals surface area contributed by atoms with E-state index in [1.165, 1.54) is 11.0 Å². The maximum atomic E-state index is 13.9. The molecular weight excluding hydrogens is 385 g/mol. The molecule has 1 heterocycles. The van der Waals surface area contributed by atoms with Crippen LogP contribution in [0.5, 0.6) is 5.75 Å². The van der Waals surface area contributed by atoms with E-state index in [2.05, 4.69) is 9.64 Å². The molecule has 0 amide bonds. The molecule has 0 radical (unpaired) electrons. The maximum absolute atomic E-state index is 13.9. The van der Waals surface area contributed by atoms with E-state index in [1.54, 1.807) is 0 Å². The van der Waals surface area contributed by atoms with Crippen LogP contribution in [0.1, 0.15) is 27.5 Å². The van der Waals surface area contributed by atoms with E-state index in [1.807, 2.05) is 30.3 Å². The molecule has 5 nitrogen and oxygen atoms in total. The first kappa shape index (κ1) is 21.1. The number of hydrogen-bond donors (Lipinski definition) is 1. The normalized spacial score (nSPS) is 17.1. The number of esters is 1. The number of alkyl halides is 3. The number of piperazine rings is 1. The van der Waals surface area contributed by atoms with Gasteiger partial charge in [-0.15, -0.1) is 0 Å². The highest BCUT2D eigenvalue weighted by molar-refractivity contribution is 5.89. The summed E-state index contributed by atoms with van der Waals surface area (Å²) in [5, 5.41) is 10.1. The molecule has 8 heteroatoms. The van der Waals surface area contributed by atoms with Crippen molar-refractivity contribution >= 4 is 5.97 Å². The smallest absolute Gasteiger partial charge is 0.408 e. The van der Waals surface area contributed by atoms with Crippen molar-refractivity contribution in [2.75, 3.05) is 33.3 Å². The highest BCUT2D eigenvalue weighted by Crippen LogP contribution is 2.42. The van der Waals surface area contributed by atoms with E-state index in [0.29, 0.717) is 19.6 Å². The van der Waals surface area contributed by atoms with E-state index in [0.717, 1.165) is 24.8 Å². The van der Waals surface area contributed by atoms with Gasteiger partial charge in [0.15, 0.2) is 0 Å². The summed E-state index contributed by atoms with van der Waals surface area (Å²) in [6.45, 7) is 2.00. The molecule has 1 aliphatic heterocycles. The van der Waals surface area contributed by atoms with Gasteiger partial charge in [0, 0.05) is 38.3 Å². The lowest BCUT2D eigenvalue weighted by Crippen LogP contribution is -2.50. The van der Waals surface area contributed by atoms with Crippen LogP contribution in [0.2, 0.25) is 0 Å². The van der Waals surface area contributed by atoms with Crippen molar-refractivity contribution in [2.24, 2.45) is 0 Å². The number of carbonyl (C=O) groups is 1. The summed E-state index contributed by atoms with van der Waals surface area (Å²) >= 11 is 0. The minimum absolute atomic E-state index is 0.0303. The second-order valence-corrected chi connectivity index (χ2v) is 7.01. The Kier molecular flexibility index (Phi) is 6.44. The number of aromatic hydroxyl groups is 1. The van der Waals surface area contributed by atoms with Gasteiger partial charge < -0.3 is 9.84 Å². The molecule has 0 aliphatic carbocycles. The van der Waals surface area contributed by atoms with Crippen molar-refractivity contribution in [3.05, 3.63) is 65.2 Å². The molecule has 2 aromatic rings. The molecule has 1 aliphatic rings. The molecule has 3 rings (SSSR count). The summed E-state index contributed by atoms with van der Waals surface area (Å²) in [6.07, 6.45) is -4.60. The number of phenols is 1. The zero-order valence-corrected chi connectivity index (χ0v) is 16.0. The Labute approximate surface area is 167 Å². The van der Waals surface area contributed by atoms with Crippen LogP contribution in [-0.4, -0.2) is 60.3 Å². The molecule has 0 bridgehead atoms. The van der Waals surface area contributed by atoms with Crippen molar-refractivity contribution in [1.29, 1.82) is 0 Å². The zero-order chi connectivity index (χ0) is 21.0. The molecule has 1 atom stereocenters. The number of methoxy groups -OCH3 is 1. The lowest BCUT2D eigenvalue weighted by atomic mass is 9.99. The van der Waals surface area contributed by atoms with Crippen molar-refractivity contribution in [1.82, 2.24) is 9.80 Å². The van der Waals surface area contributed by atoms with Crippen LogP contribution in [-0.2, 0) is 11.3 Å². The first-order valence-electron chi connectivity index (χ1n) is 9.28. The lowest BCUT2D eigenvalue weighted by Gasteiger charge is -2.40. The van der Waals surface area contributed by atoms with Crippen LogP contribution in [0.3, 0.4) is 0 Å². The fourth-order valence-corrected chi connectivity index (χ4v) is 3.62. The standard InChI is InChI=1S/C21H23F3N2O3/c1-29-20(28)16-7-8-18(27)17(13-16)19(21(22,23)24)26-11-9-25(10-12-26)14-15-5-3-2-4-6-15/h2-8,13,19,27H,9-12,14H2,1H3. The quantitative estimate of drug-likeness (QED) is 0.767. The third-order valence-corrected chi connectivity index (χ3v) is 5.07. The van der Waals surface area contributed by atoms with Gasteiger partial charge in [-0.25, -0.2) is 4.79 Å². The van der Waals surface area contributed by atoms with Crippen LogP contribution >= 0.6 is 0 Å². The second kappa shape index (κ2) is 8.84. The van der Waals surface area contributed by atoms with Crippen molar-refractivity contribution in [2.45, 2.75) is 18.8 Å². The Hall–Kier alpha value is -2.58. The number of rotatable bonds is 5. The largest absolute Gasteiger partial charge is 0.508 e. The minimum atomic E-state index is -4.60. The lowest BCUT2D eigenvalue weighted by molar-refractivity contribution is -0.191. The van der Waals surface area contributed by atoms with E-state index >= 15 is 0 Å². The van der Waals surface area contributed by atoms with Gasteiger partial charge in [0.2, 0.25) is 0 Å². The number of nitrogens with zero attached hydrogens (tertiary/aromatic N) is 2. The fraction of sp³-hybridized carbons (Fsp3) is 0.381. The summed E-state index contributed by atoms with van der Waals surface area (Å²) in [6, 6.07) is 11.2. The van der Waals surface area contributed by atoms with Gasteiger partial charge in [0.05, 0.1) is 12.7 Å². The predicted octanol–water partition coefficient (Wildman–Crippen LogP) is 3.60. The topological polar surface area (TPSA) is 53.0 Å². The number of benzene rings is 2. The molecule has 2 aromatic carbocycles. The highest BCUT2D eigenvalue weighted by atomic mass is 19.4. The molecule has 0 aromatic heterocycles. The molecular formula is C21H23F3N2O3. The molecule has 156 valence electrons. The Morgan fingerprint density at radius 1 is 1.10 bits per heavy atom. The summed E-state index contributed by atoms with van der Waals surface area (Å²) in [4.78, 5) is 15.1. The first-order valence-corrected chi connectivity index (χ1v) is 9.28. The van der Waals surface area contributed by atoms with Crippen molar-refractivity contribution < 1.29 is 27.8 Å². The van der Waals surface area contributed by atoms with Crippen LogP contribution < -0.4 is 0 Å². The number of hydrogen-bond acceptors (Lipinski definition) is 5. The molecule has 29 heavy (non-hydrogen) atoms. The Balaban J connectivity index is 1.78. The Morgan fingerprint density at radius 2 is 1.76 bits per heavy atom. The molecule has 1 N–H and O–H groups in total. The van der Waals surface area contributed by atoms with Gasteiger partial charge in [-0.1, -0.05) is 30.3 Å². The number of halogens is 3. The summed E-state index contributed by atoms with van der Waals surface area (Å²) in [5.41, 5.74) is 0.742. The van der Waals surface area contributed by atoms with Crippen LogP contribution in [0.4, 0.5) is 13.2 Å². The third-order valence-electron chi connectivity index (χ3n) is 5.07. The summed E-state index contributed by atoms with van der Waals surface area (Å²) in [5.74, 6) is -1.24. The SMILES string of the molecule is COC(=O)c1ccc(O)c(C(N2CCN(Cc3ccccc3)CC2)C(F)(F)F)c1. The van der Waals surface area contributed by atoms with E-state index in [9.17, 15) is 23.1 Å². The van der Waals surface area contributed by atoms with Gasteiger partial charge >= 0.3 is 12.1 Å². The summed E-state index contributed by atoms with van der Waals surface area (Å²) < 4.78 is 46.4. The molecule has 1 saturated heterocycles. The maximum Gasteiger partial charge on any atom is 0.408 e. The Morgan fingerprint density at radius 3 is 2.34 bits per heavy atom. The van der Waals surface area contributed by atoms with Crippen LogP contribution in [0.15, 0.2) is 48.5 Å². The second-order valence-electron chi connectivity index (χ2n) is 7.01. The minimum Gasteiger partial charge on any atom is -0.508 e. The van der Waals surface area contributed by atoms with Crippen LogP contribution in [0, 0.1) is 0 Å².